The highest BCUT2D eigenvalue weighted by Crippen LogP contribution is 2.18. The van der Waals surface area contributed by atoms with E-state index in [-0.39, 0.29) is 18.0 Å². The average molecular weight is 292 g/mol. The molecule has 0 atom stereocenters. The Morgan fingerprint density at radius 1 is 1.52 bits per heavy atom. The maximum Gasteiger partial charge on any atom is 0.287 e. The van der Waals surface area contributed by atoms with E-state index < -0.39 is 10.8 Å². The Balaban J connectivity index is 1.89. The third kappa shape index (κ3) is 3.73. The number of hydrazine groups is 1. The molecule has 1 aromatic carbocycles. The summed E-state index contributed by atoms with van der Waals surface area (Å²) in [5.74, 6) is 4.81. The second-order valence-corrected chi connectivity index (χ2v) is 3.94. The number of carbonyl (C=O) groups is 1. The molecule has 1 amide bonds. The number of nitrogens with two attached hydrogens (primary N) is 1. The van der Waals surface area contributed by atoms with Crippen LogP contribution in [-0.4, -0.2) is 32.4 Å². The quantitative estimate of drug-likeness (QED) is 0.327. The predicted octanol–water partition coefficient (Wildman–Crippen LogP) is -0.131. The Kier molecular flexibility index (Phi) is 4.41. The van der Waals surface area contributed by atoms with Gasteiger partial charge in [-0.2, -0.15) is 0 Å². The van der Waals surface area contributed by atoms with Gasteiger partial charge in [0, 0.05) is 6.07 Å². The highest BCUT2D eigenvalue weighted by molar-refractivity contribution is 5.91. The molecular weight excluding hydrogens is 280 g/mol. The number of nitrogens with zero attached hydrogens (tertiary/aromatic N) is 4. The summed E-state index contributed by atoms with van der Waals surface area (Å²) < 4.78 is 6.78. The Morgan fingerprint density at radius 3 is 3.05 bits per heavy atom. The summed E-state index contributed by atoms with van der Waals surface area (Å²) in [6.07, 6.45) is 1.42. The lowest BCUT2D eigenvalue weighted by Crippen LogP contribution is -2.30. The fourth-order valence-electron chi connectivity index (χ4n) is 1.53. The minimum atomic E-state index is -0.541. The van der Waals surface area contributed by atoms with Crippen LogP contribution in [0.1, 0.15) is 10.5 Å². The van der Waals surface area contributed by atoms with Gasteiger partial charge in [-0.25, -0.2) is 10.5 Å². The molecule has 110 valence electrons. The summed E-state index contributed by atoms with van der Waals surface area (Å²) in [6, 6.07) is 5.85. The highest BCUT2D eigenvalue weighted by atomic mass is 16.6. The van der Waals surface area contributed by atoms with Crippen LogP contribution < -0.4 is 16.0 Å². The van der Waals surface area contributed by atoms with Crippen molar-refractivity contribution < 1.29 is 14.5 Å². The fourth-order valence-corrected chi connectivity index (χ4v) is 1.53. The van der Waals surface area contributed by atoms with Crippen LogP contribution in [0.3, 0.4) is 0 Å². The molecule has 2 aromatic rings. The van der Waals surface area contributed by atoms with Crippen LogP contribution in [0.15, 0.2) is 30.5 Å². The van der Waals surface area contributed by atoms with Crippen molar-refractivity contribution in [1.29, 1.82) is 0 Å². The molecule has 0 saturated heterocycles. The van der Waals surface area contributed by atoms with Crippen molar-refractivity contribution in [2.24, 2.45) is 5.84 Å². The van der Waals surface area contributed by atoms with Gasteiger partial charge in [0.05, 0.1) is 23.7 Å². The van der Waals surface area contributed by atoms with E-state index in [9.17, 15) is 14.9 Å². The number of aromatic nitrogens is 3. The lowest BCUT2D eigenvalue weighted by Gasteiger charge is -2.05. The van der Waals surface area contributed by atoms with Crippen LogP contribution in [0.2, 0.25) is 0 Å². The SMILES string of the molecule is NNC(=O)c1cn(CCOc2cccc([N+](=O)[O-])c2)nn1. The van der Waals surface area contributed by atoms with E-state index in [0.29, 0.717) is 12.3 Å². The number of benzene rings is 1. The van der Waals surface area contributed by atoms with Crippen molar-refractivity contribution >= 4 is 11.6 Å². The molecule has 0 unspecified atom stereocenters. The van der Waals surface area contributed by atoms with E-state index in [2.05, 4.69) is 10.3 Å². The number of nitro benzene ring substituents is 1. The molecule has 10 heteroatoms. The molecular formula is C11H12N6O4. The molecule has 10 nitrogen and oxygen atoms in total. The fraction of sp³-hybridized carbons (Fsp3) is 0.182. The average Bonchev–Trinajstić information content (AvgIpc) is 2.95. The van der Waals surface area contributed by atoms with Gasteiger partial charge in [0.25, 0.3) is 11.6 Å². The number of amides is 1. The van der Waals surface area contributed by atoms with Gasteiger partial charge in [0.1, 0.15) is 12.4 Å². The molecule has 3 N–H and O–H groups in total. The van der Waals surface area contributed by atoms with Gasteiger partial charge >= 0.3 is 0 Å². The number of nitrogens with one attached hydrogen (secondary N) is 1. The van der Waals surface area contributed by atoms with Gasteiger partial charge in [-0.3, -0.25) is 20.3 Å². The third-order valence-corrected chi connectivity index (χ3v) is 2.52. The number of carbonyl (C=O) groups excluding carboxylic acids is 1. The zero-order chi connectivity index (χ0) is 15.2. The van der Waals surface area contributed by atoms with E-state index >= 15 is 0 Å². The van der Waals surface area contributed by atoms with E-state index in [4.69, 9.17) is 10.6 Å². The zero-order valence-electron chi connectivity index (χ0n) is 10.8. The van der Waals surface area contributed by atoms with Crippen LogP contribution in [0.25, 0.3) is 0 Å². The molecule has 0 aliphatic heterocycles. The number of rotatable bonds is 6. The lowest BCUT2D eigenvalue weighted by molar-refractivity contribution is -0.384. The van der Waals surface area contributed by atoms with Gasteiger partial charge in [-0.05, 0) is 6.07 Å². The maximum atomic E-state index is 11.2. The van der Waals surface area contributed by atoms with Crippen LogP contribution in [-0.2, 0) is 6.54 Å². The Morgan fingerprint density at radius 2 is 2.33 bits per heavy atom. The third-order valence-electron chi connectivity index (χ3n) is 2.52. The van der Waals surface area contributed by atoms with Crippen molar-refractivity contribution in [2.75, 3.05) is 6.61 Å². The first-order valence-corrected chi connectivity index (χ1v) is 5.88. The molecule has 1 aromatic heterocycles. The summed E-state index contributed by atoms with van der Waals surface area (Å²) in [7, 11) is 0. The first-order chi connectivity index (χ1) is 10.1. The molecule has 0 radical (unpaired) electrons. The zero-order valence-corrected chi connectivity index (χ0v) is 10.8. The van der Waals surface area contributed by atoms with E-state index in [1.165, 1.54) is 29.1 Å². The molecule has 0 aliphatic rings. The summed E-state index contributed by atoms with van der Waals surface area (Å²) in [5.41, 5.74) is 1.99. The summed E-state index contributed by atoms with van der Waals surface area (Å²) in [4.78, 5) is 21.3. The minimum absolute atomic E-state index is 0.0461. The molecule has 0 spiro atoms. The highest BCUT2D eigenvalue weighted by Gasteiger charge is 2.09. The van der Waals surface area contributed by atoms with Gasteiger partial charge in [0.2, 0.25) is 0 Å². The van der Waals surface area contributed by atoms with Crippen molar-refractivity contribution in [3.63, 3.8) is 0 Å². The van der Waals surface area contributed by atoms with E-state index in [0.717, 1.165) is 0 Å². The Hall–Kier alpha value is -3.01. The van der Waals surface area contributed by atoms with Crippen molar-refractivity contribution in [3.8, 4) is 5.75 Å². The van der Waals surface area contributed by atoms with Gasteiger partial charge in [-0.15, -0.1) is 5.10 Å². The van der Waals surface area contributed by atoms with Crippen molar-refractivity contribution in [1.82, 2.24) is 20.4 Å². The second kappa shape index (κ2) is 6.43. The van der Waals surface area contributed by atoms with Crippen LogP contribution in [0.4, 0.5) is 5.69 Å². The number of nitrogen functional groups attached to an aromatic ring is 1. The number of non-ortho nitro benzene ring substituents is 1. The monoisotopic (exact) mass is 292 g/mol. The largest absolute Gasteiger partial charge is 0.491 e. The topological polar surface area (TPSA) is 138 Å². The molecule has 0 bridgehead atoms. The molecule has 1 heterocycles. The van der Waals surface area contributed by atoms with E-state index in [1.807, 2.05) is 5.43 Å². The number of hydrogen-bond donors (Lipinski definition) is 2. The first-order valence-electron chi connectivity index (χ1n) is 5.88. The minimum Gasteiger partial charge on any atom is -0.491 e. The van der Waals surface area contributed by atoms with Crippen molar-refractivity contribution in [3.05, 3.63) is 46.3 Å². The maximum absolute atomic E-state index is 11.2. The predicted molar refractivity (Wildman–Crippen MR) is 70.3 cm³/mol. The summed E-state index contributed by atoms with van der Waals surface area (Å²) in [6.45, 7) is 0.543. The summed E-state index contributed by atoms with van der Waals surface area (Å²) >= 11 is 0. The van der Waals surface area contributed by atoms with Gasteiger partial charge in [0.15, 0.2) is 5.69 Å². The van der Waals surface area contributed by atoms with Crippen LogP contribution >= 0.6 is 0 Å². The van der Waals surface area contributed by atoms with Crippen molar-refractivity contribution in [2.45, 2.75) is 6.54 Å². The molecule has 21 heavy (non-hydrogen) atoms. The first kappa shape index (κ1) is 14.4. The number of nitro groups is 1. The van der Waals surface area contributed by atoms with Crippen LogP contribution in [0.5, 0.6) is 5.75 Å². The normalized spacial score (nSPS) is 10.1. The molecule has 2 rings (SSSR count). The lowest BCUT2D eigenvalue weighted by atomic mass is 10.3. The molecule has 0 aliphatic carbocycles. The molecule has 0 saturated carbocycles. The van der Waals surface area contributed by atoms with Crippen LogP contribution in [0, 0.1) is 10.1 Å². The number of hydrogen-bond acceptors (Lipinski definition) is 7. The standard InChI is InChI=1S/C11H12N6O4/c12-13-11(18)10-7-16(15-14-10)4-5-21-9-3-1-2-8(6-9)17(19)20/h1-3,6-7H,4-5,12H2,(H,13,18). The number of ether oxygens (including phenoxy) is 1. The Bertz CT molecular complexity index is 656. The smallest absolute Gasteiger partial charge is 0.287 e. The second-order valence-electron chi connectivity index (χ2n) is 3.94. The molecule has 0 fully saturated rings. The van der Waals surface area contributed by atoms with E-state index in [1.54, 1.807) is 6.07 Å². The summed E-state index contributed by atoms with van der Waals surface area (Å²) in [5, 5.41) is 18.0. The van der Waals surface area contributed by atoms with Gasteiger partial charge < -0.3 is 4.74 Å². The van der Waals surface area contributed by atoms with Gasteiger partial charge in [-0.1, -0.05) is 11.3 Å². The Labute approximate surface area is 118 Å².